The Balaban J connectivity index is 2.62. The van der Waals surface area contributed by atoms with E-state index in [1.807, 2.05) is 11.8 Å². The Hall–Kier alpha value is 0.270. The minimum atomic E-state index is 0.666. The summed E-state index contributed by atoms with van der Waals surface area (Å²) in [5, 5.41) is 4.46. The summed E-state index contributed by atoms with van der Waals surface area (Å²) >= 11 is 1.98. The van der Waals surface area contributed by atoms with E-state index in [0.717, 1.165) is 23.6 Å². The highest BCUT2D eigenvalue weighted by molar-refractivity contribution is 7.99. The first-order chi connectivity index (χ1) is 7.95. The average molecular weight is 258 g/mol. The van der Waals surface area contributed by atoms with Crippen LogP contribution in [0.3, 0.4) is 0 Å². The molecule has 0 bridgehead atoms. The fourth-order valence-electron chi connectivity index (χ4n) is 2.57. The molecule has 0 saturated carbocycles. The zero-order chi connectivity index (χ0) is 13.0. The molecule has 0 aromatic heterocycles. The van der Waals surface area contributed by atoms with Gasteiger partial charge in [0.1, 0.15) is 0 Å². The molecule has 3 atom stereocenters. The number of piperazine rings is 1. The highest BCUT2D eigenvalue weighted by Crippen LogP contribution is 2.20. The number of nitrogens with zero attached hydrogens (tertiary/aromatic N) is 1. The molecular formula is C14H30N2S. The van der Waals surface area contributed by atoms with E-state index in [4.69, 9.17) is 0 Å². The Labute approximate surface area is 112 Å². The molecule has 0 aliphatic carbocycles. The lowest BCUT2D eigenvalue weighted by Crippen LogP contribution is -2.60. The van der Waals surface area contributed by atoms with Gasteiger partial charge in [-0.25, -0.2) is 0 Å². The lowest BCUT2D eigenvalue weighted by molar-refractivity contribution is 0.0867. The van der Waals surface area contributed by atoms with Crippen molar-refractivity contribution < 1.29 is 0 Å². The van der Waals surface area contributed by atoms with Crippen LogP contribution in [0.2, 0.25) is 0 Å². The number of hydrogen-bond donors (Lipinski definition) is 1. The highest BCUT2D eigenvalue weighted by Gasteiger charge is 2.31. The third-order valence-electron chi connectivity index (χ3n) is 3.96. The summed E-state index contributed by atoms with van der Waals surface area (Å²) in [5.41, 5.74) is 0. The van der Waals surface area contributed by atoms with Gasteiger partial charge >= 0.3 is 0 Å². The maximum atomic E-state index is 3.72. The standard InChI is InChI=1S/C14H30N2S/c1-10(2)13-9-16(8-12(5)17-6)14(7-15-13)11(3)4/h10-15H,7-9H2,1-6H3. The average Bonchev–Trinajstić information content (AvgIpc) is 2.28. The first-order valence-electron chi connectivity index (χ1n) is 6.95. The monoisotopic (exact) mass is 258 g/mol. The van der Waals surface area contributed by atoms with Crippen LogP contribution in [0.4, 0.5) is 0 Å². The van der Waals surface area contributed by atoms with Crippen molar-refractivity contribution in [2.45, 2.75) is 52.0 Å². The van der Waals surface area contributed by atoms with Gasteiger partial charge in [-0.1, -0.05) is 34.6 Å². The van der Waals surface area contributed by atoms with Gasteiger partial charge in [-0.05, 0) is 18.1 Å². The smallest absolute Gasteiger partial charge is 0.0244 e. The van der Waals surface area contributed by atoms with Crippen LogP contribution in [0.1, 0.15) is 34.6 Å². The van der Waals surface area contributed by atoms with E-state index in [0.29, 0.717) is 12.1 Å². The van der Waals surface area contributed by atoms with Crippen molar-refractivity contribution >= 4 is 11.8 Å². The molecule has 1 fully saturated rings. The van der Waals surface area contributed by atoms with Crippen LogP contribution in [0, 0.1) is 11.8 Å². The van der Waals surface area contributed by atoms with Gasteiger partial charge in [0, 0.05) is 37.0 Å². The third-order valence-corrected chi connectivity index (χ3v) is 4.91. The van der Waals surface area contributed by atoms with Gasteiger partial charge in [0.25, 0.3) is 0 Å². The van der Waals surface area contributed by atoms with Crippen LogP contribution in [0.5, 0.6) is 0 Å². The van der Waals surface area contributed by atoms with Crippen molar-refractivity contribution in [3.8, 4) is 0 Å². The molecule has 1 aliphatic rings. The number of rotatable bonds is 5. The Bertz CT molecular complexity index is 218. The quantitative estimate of drug-likeness (QED) is 0.816. The van der Waals surface area contributed by atoms with Gasteiger partial charge in [-0.2, -0.15) is 11.8 Å². The summed E-state index contributed by atoms with van der Waals surface area (Å²) in [4.78, 5) is 2.72. The first kappa shape index (κ1) is 15.3. The number of thioether (sulfide) groups is 1. The fraction of sp³-hybridized carbons (Fsp3) is 1.00. The van der Waals surface area contributed by atoms with E-state index >= 15 is 0 Å². The Morgan fingerprint density at radius 1 is 1.18 bits per heavy atom. The maximum absolute atomic E-state index is 3.72. The van der Waals surface area contributed by atoms with E-state index < -0.39 is 0 Å². The van der Waals surface area contributed by atoms with Gasteiger partial charge in [-0.3, -0.25) is 4.90 Å². The van der Waals surface area contributed by atoms with Crippen molar-refractivity contribution in [3.05, 3.63) is 0 Å². The minimum Gasteiger partial charge on any atom is -0.311 e. The fourth-order valence-corrected chi connectivity index (χ4v) is 2.91. The molecule has 1 N–H and O–H groups in total. The Morgan fingerprint density at radius 3 is 2.29 bits per heavy atom. The molecule has 17 heavy (non-hydrogen) atoms. The number of nitrogens with one attached hydrogen (secondary N) is 1. The summed E-state index contributed by atoms with van der Waals surface area (Å²) in [6, 6.07) is 1.37. The van der Waals surface area contributed by atoms with E-state index in [2.05, 4.69) is 51.1 Å². The lowest BCUT2D eigenvalue weighted by atomic mass is 9.94. The van der Waals surface area contributed by atoms with Crippen LogP contribution in [0.15, 0.2) is 0 Å². The molecule has 0 amide bonds. The van der Waals surface area contributed by atoms with Crippen molar-refractivity contribution in [2.75, 3.05) is 25.9 Å². The Kier molecular flexibility index (Phi) is 6.32. The van der Waals surface area contributed by atoms with Crippen molar-refractivity contribution in [1.82, 2.24) is 10.2 Å². The zero-order valence-corrected chi connectivity index (χ0v) is 13.2. The first-order valence-corrected chi connectivity index (χ1v) is 8.24. The van der Waals surface area contributed by atoms with Gasteiger partial charge in [0.05, 0.1) is 0 Å². The van der Waals surface area contributed by atoms with Crippen LogP contribution in [-0.2, 0) is 0 Å². The molecule has 3 unspecified atom stereocenters. The minimum absolute atomic E-state index is 0.666. The molecule has 0 aromatic carbocycles. The summed E-state index contributed by atoms with van der Waals surface area (Å²) < 4.78 is 0. The second-order valence-corrected chi connectivity index (χ2v) is 7.35. The zero-order valence-electron chi connectivity index (χ0n) is 12.4. The normalized spacial score (nSPS) is 28.9. The van der Waals surface area contributed by atoms with Crippen molar-refractivity contribution in [3.63, 3.8) is 0 Å². The van der Waals surface area contributed by atoms with Crippen LogP contribution in [-0.4, -0.2) is 48.1 Å². The molecule has 1 aliphatic heterocycles. The number of hydrogen-bond acceptors (Lipinski definition) is 3. The maximum Gasteiger partial charge on any atom is 0.0244 e. The molecule has 2 nitrogen and oxygen atoms in total. The van der Waals surface area contributed by atoms with Crippen LogP contribution >= 0.6 is 11.8 Å². The molecule has 1 heterocycles. The topological polar surface area (TPSA) is 15.3 Å². The third kappa shape index (κ3) is 4.46. The molecule has 102 valence electrons. The van der Waals surface area contributed by atoms with E-state index in [-0.39, 0.29) is 0 Å². The van der Waals surface area contributed by atoms with E-state index in [1.165, 1.54) is 13.1 Å². The predicted molar refractivity (Wildman–Crippen MR) is 79.8 cm³/mol. The van der Waals surface area contributed by atoms with E-state index in [1.54, 1.807) is 0 Å². The molecule has 1 saturated heterocycles. The van der Waals surface area contributed by atoms with Crippen molar-refractivity contribution in [1.29, 1.82) is 0 Å². The van der Waals surface area contributed by atoms with Crippen LogP contribution < -0.4 is 5.32 Å². The lowest BCUT2D eigenvalue weighted by Gasteiger charge is -2.44. The molecule has 1 rings (SSSR count). The van der Waals surface area contributed by atoms with Gasteiger partial charge in [0.15, 0.2) is 0 Å². The summed E-state index contributed by atoms with van der Waals surface area (Å²) in [7, 11) is 0. The molecule has 0 spiro atoms. The predicted octanol–water partition coefficient (Wildman–Crippen LogP) is 2.69. The van der Waals surface area contributed by atoms with Gasteiger partial charge in [-0.15, -0.1) is 0 Å². The second-order valence-electron chi connectivity index (χ2n) is 6.07. The largest absolute Gasteiger partial charge is 0.311 e. The summed E-state index contributed by atoms with van der Waals surface area (Å²) in [5.74, 6) is 1.47. The van der Waals surface area contributed by atoms with Gasteiger partial charge < -0.3 is 5.32 Å². The van der Waals surface area contributed by atoms with Gasteiger partial charge in [0.2, 0.25) is 0 Å². The summed E-state index contributed by atoms with van der Waals surface area (Å²) in [6.45, 7) is 15.3. The van der Waals surface area contributed by atoms with Crippen LogP contribution in [0.25, 0.3) is 0 Å². The molecule has 0 radical (unpaired) electrons. The molecule has 3 heteroatoms. The SMILES string of the molecule is CSC(C)CN1CC(C(C)C)NCC1C(C)C. The molecular weight excluding hydrogens is 228 g/mol. The highest BCUT2D eigenvalue weighted by atomic mass is 32.2. The second kappa shape index (κ2) is 7.01. The van der Waals surface area contributed by atoms with Crippen molar-refractivity contribution in [2.24, 2.45) is 11.8 Å². The van der Waals surface area contributed by atoms with E-state index in [9.17, 15) is 0 Å². The Morgan fingerprint density at radius 2 is 1.82 bits per heavy atom. The molecule has 0 aromatic rings. The summed E-state index contributed by atoms with van der Waals surface area (Å²) in [6.07, 6.45) is 2.22.